The minimum absolute atomic E-state index is 0.0505. The Labute approximate surface area is 97.6 Å². The van der Waals surface area contributed by atoms with Gasteiger partial charge in [-0.1, -0.05) is 27.7 Å². The monoisotopic (exact) mass is 229 g/mol. The first-order valence-corrected chi connectivity index (χ1v) is 5.88. The standard InChI is InChI=1S/C12H23NO3/c1-5-6-13(8-12(15)16)11(14)7-10(4)9(2)3/h9-10H,5-8H2,1-4H3,(H,15,16). The molecule has 1 unspecified atom stereocenters. The predicted octanol–water partition coefficient (Wildman–Crippen LogP) is 1.99. The highest BCUT2D eigenvalue weighted by atomic mass is 16.4. The maximum Gasteiger partial charge on any atom is 0.323 e. The zero-order chi connectivity index (χ0) is 12.7. The molecule has 0 aliphatic heterocycles. The Kier molecular flexibility index (Phi) is 6.77. The van der Waals surface area contributed by atoms with Crippen molar-refractivity contribution in [2.75, 3.05) is 13.1 Å². The molecule has 0 aromatic heterocycles. The molecule has 0 bridgehead atoms. The summed E-state index contributed by atoms with van der Waals surface area (Å²) < 4.78 is 0. The van der Waals surface area contributed by atoms with Crippen molar-refractivity contribution in [1.29, 1.82) is 0 Å². The quantitative estimate of drug-likeness (QED) is 0.726. The zero-order valence-corrected chi connectivity index (χ0v) is 10.7. The van der Waals surface area contributed by atoms with Crippen LogP contribution in [-0.4, -0.2) is 35.0 Å². The van der Waals surface area contributed by atoms with Crippen molar-refractivity contribution in [3.63, 3.8) is 0 Å². The second-order valence-electron chi connectivity index (χ2n) is 4.63. The topological polar surface area (TPSA) is 57.6 Å². The molecule has 0 saturated heterocycles. The summed E-state index contributed by atoms with van der Waals surface area (Å²) in [5.41, 5.74) is 0. The van der Waals surface area contributed by atoms with Crippen molar-refractivity contribution in [2.24, 2.45) is 11.8 Å². The molecule has 0 aliphatic rings. The van der Waals surface area contributed by atoms with Gasteiger partial charge in [0.15, 0.2) is 0 Å². The largest absolute Gasteiger partial charge is 0.480 e. The van der Waals surface area contributed by atoms with E-state index in [0.29, 0.717) is 24.8 Å². The van der Waals surface area contributed by atoms with E-state index in [1.54, 1.807) is 0 Å². The van der Waals surface area contributed by atoms with Crippen LogP contribution in [0.15, 0.2) is 0 Å². The second kappa shape index (κ2) is 7.25. The average molecular weight is 229 g/mol. The lowest BCUT2D eigenvalue weighted by atomic mass is 9.94. The molecule has 0 aromatic rings. The summed E-state index contributed by atoms with van der Waals surface area (Å²) in [5.74, 6) is -0.262. The lowest BCUT2D eigenvalue weighted by Gasteiger charge is -2.23. The second-order valence-corrected chi connectivity index (χ2v) is 4.63. The van der Waals surface area contributed by atoms with Crippen LogP contribution in [0.5, 0.6) is 0 Å². The van der Waals surface area contributed by atoms with Gasteiger partial charge in [0.05, 0.1) is 0 Å². The highest BCUT2D eigenvalue weighted by Crippen LogP contribution is 2.15. The first-order chi connectivity index (χ1) is 7.38. The van der Waals surface area contributed by atoms with Gasteiger partial charge in [-0.2, -0.15) is 0 Å². The van der Waals surface area contributed by atoms with E-state index in [-0.39, 0.29) is 12.5 Å². The molecule has 0 saturated carbocycles. The van der Waals surface area contributed by atoms with Crippen LogP contribution >= 0.6 is 0 Å². The molecular weight excluding hydrogens is 206 g/mol. The van der Waals surface area contributed by atoms with E-state index in [9.17, 15) is 9.59 Å². The lowest BCUT2D eigenvalue weighted by molar-refractivity contribution is -0.145. The molecule has 4 heteroatoms. The fourth-order valence-corrected chi connectivity index (χ4v) is 1.37. The van der Waals surface area contributed by atoms with E-state index in [2.05, 4.69) is 13.8 Å². The minimum Gasteiger partial charge on any atom is -0.480 e. The van der Waals surface area contributed by atoms with Crippen LogP contribution in [-0.2, 0) is 9.59 Å². The number of hydrogen-bond acceptors (Lipinski definition) is 2. The van der Waals surface area contributed by atoms with Gasteiger partial charge in [0.1, 0.15) is 6.54 Å². The van der Waals surface area contributed by atoms with Crippen LogP contribution in [0.2, 0.25) is 0 Å². The van der Waals surface area contributed by atoms with Crippen LogP contribution in [0.1, 0.15) is 40.5 Å². The first kappa shape index (κ1) is 14.9. The molecule has 0 heterocycles. The number of carbonyl (C=O) groups excluding carboxylic acids is 1. The smallest absolute Gasteiger partial charge is 0.323 e. The zero-order valence-electron chi connectivity index (χ0n) is 10.7. The molecule has 0 rings (SSSR count). The fraction of sp³-hybridized carbons (Fsp3) is 0.833. The van der Waals surface area contributed by atoms with Crippen LogP contribution in [0, 0.1) is 11.8 Å². The molecule has 0 fully saturated rings. The molecule has 1 amide bonds. The van der Waals surface area contributed by atoms with Gasteiger partial charge >= 0.3 is 5.97 Å². The van der Waals surface area contributed by atoms with Gasteiger partial charge in [0, 0.05) is 13.0 Å². The maximum absolute atomic E-state index is 11.8. The van der Waals surface area contributed by atoms with E-state index in [1.807, 2.05) is 13.8 Å². The van der Waals surface area contributed by atoms with Crippen molar-refractivity contribution < 1.29 is 14.7 Å². The molecule has 1 N–H and O–H groups in total. The minimum atomic E-state index is -0.945. The summed E-state index contributed by atoms with van der Waals surface area (Å²) in [6.45, 7) is 8.44. The molecule has 0 aliphatic carbocycles. The SMILES string of the molecule is CCCN(CC(=O)O)C(=O)CC(C)C(C)C. The summed E-state index contributed by atoms with van der Waals surface area (Å²) in [5, 5.41) is 8.71. The highest BCUT2D eigenvalue weighted by molar-refractivity contribution is 5.81. The molecule has 4 nitrogen and oxygen atoms in total. The molecule has 0 radical (unpaired) electrons. The molecule has 0 spiro atoms. The fourth-order valence-electron chi connectivity index (χ4n) is 1.37. The van der Waals surface area contributed by atoms with Gasteiger partial charge in [0.2, 0.25) is 5.91 Å². The van der Waals surface area contributed by atoms with Gasteiger partial charge in [-0.05, 0) is 18.3 Å². The molecule has 16 heavy (non-hydrogen) atoms. The third kappa shape index (κ3) is 5.73. The number of carbonyl (C=O) groups is 2. The van der Waals surface area contributed by atoms with E-state index in [0.717, 1.165) is 6.42 Å². The Morgan fingerprint density at radius 2 is 1.81 bits per heavy atom. The molecule has 0 aromatic carbocycles. The van der Waals surface area contributed by atoms with E-state index < -0.39 is 5.97 Å². The van der Waals surface area contributed by atoms with Crippen molar-refractivity contribution in [3.8, 4) is 0 Å². The van der Waals surface area contributed by atoms with Crippen LogP contribution in [0.3, 0.4) is 0 Å². The van der Waals surface area contributed by atoms with Gasteiger partial charge in [0.25, 0.3) is 0 Å². The van der Waals surface area contributed by atoms with Crippen molar-refractivity contribution >= 4 is 11.9 Å². The predicted molar refractivity (Wildman–Crippen MR) is 63.1 cm³/mol. The number of aliphatic carboxylic acids is 1. The average Bonchev–Trinajstić information content (AvgIpc) is 2.16. The number of carboxylic acid groups (broad SMARTS) is 1. The number of rotatable bonds is 7. The number of nitrogens with zero attached hydrogens (tertiary/aromatic N) is 1. The number of amides is 1. The summed E-state index contributed by atoms with van der Waals surface area (Å²) in [4.78, 5) is 23.9. The van der Waals surface area contributed by atoms with E-state index >= 15 is 0 Å². The van der Waals surface area contributed by atoms with Crippen LogP contribution in [0.4, 0.5) is 0 Å². The first-order valence-electron chi connectivity index (χ1n) is 5.88. The Bertz CT molecular complexity index is 238. The normalized spacial score (nSPS) is 12.6. The van der Waals surface area contributed by atoms with Crippen molar-refractivity contribution in [3.05, 3.63) is 0 Å². The van der Waals surface area contributed by atoms with Gasteiger partial charge < -0.3 is 10.0 Å². The Morgan fingerprint density at radius 1 is 1.25 bits per heavy atom. The Balaban J connectivity index is 4.31. The van der Waals surface area contributed by atoms with Crippen LogP contribution < -0.4 is 0 Å². The third-order valence-corrected chi connectivity index (χ3v) is 2.81. The van der Waals surface area contributed by atoms with Crippen molar-refractivity contribution in [1.82, 2.24) is 4.90 Å². The van der Waals surface area contributed by atoms with E-state index in [1.165, 1.54) is 4.90 Å². The van der Waals surface area contributed by atoms with Crippen LogP contribution in [0.25, 0.3) is 0 Å². The lowest BCUT2D eigenvalue weighted by Crippen LogP contribution is -2.37. The summed E-state index contributed by atoms with van der Waals surface area (Å²) in [6.07, 6.45) is 1.22. The third-order valence-electron chi connectivity index (χ3n) is 2.81. The van der Waals surface area contributed by atoms with Gasteiger partial charge in [-0.25, -0.2) is 0 Å². The maximum atomic E-state index is 11.8. The number of carboxylic acids is 1. The summed E-state index contributed by atoms with van der Waals surface area (Å²) >= 11 is 0. The summed E-state index contributed by atoms with van der Waals surface area (Å²) in [7, 11) is 0. The van der Waals surface area contributed by atoms with Gasteiger partial charge in [-0.15, -0.1) is 0 Å². The molecule has 94 valence electrons. The van der Waals surface area contributed by atoms with Crippen molar-refractivity contribution in [2.45, 2.75) is 40.5 Å². The highest BCUT2D eigenvalue weighted by Gasteiger charge is 2.19. The Hall–Kier alpha value is -1.06. The van der Waals surface area contributed by atoms with E-state index in [4.69, 9.17) is 5.11 Å². The molecular formula is C12H23NO3. The van der Waals surface area contributed by atoms with Gasteiger partial charge in [-0.3, -0.25) is 9.59 Å². The summed E-state index contributed by atoms with van der Waals surface area (Å²) in [6, 6.07) is 0. The number of hydrogen-bond donors (Lipinski definition) is 1. The molecule has 1 atom stereocenters. The Morgan fingerprint density at radius 3 is 2.19 bits per heavy atom.